The Morgan fingerprint density at radius 3 is 3.11 bits per heavy atom. The normalized spacial score (nSPS) is 9.33. The lowest BCUT2D eigenvalue weighted by atomic mass is 10.4. The lowest BCUT2D eigenvalue weighted by Crippen LogP contribution is -2.12. The van der Waals surface area contributed by atoms with Gasteiger partial charge in [-0.2, -0.15) is 5.10 Å². The maximum Gasteiger partial charge on any atom is 0.229 e. The molecule has 1 heterocycles. The average molecular weight is 125 g/mol. The van der Waals surface area contributed by atoms with E-state index < -0.39 is 5.91 Å². The molecule has 1 aromatic heterocycles. The number of carbonyl (C=O) groups excluding carboxylic acids is 1. The highest BCUT2D eigenvalue weighted by Crippen LogP contribution is 1.87. The fraction of sp³-hybridized carbons (Fsp3) is 0. The Morgan fingerprint density at radius 1 is 1.89 bits per heavy atom. The fourth-order valence-corrected chi connectivity index (χ4v) is 0.416. The summed E-state index contributed by atoms with van der Waals surface area (Å²) in [5, 5.41) is 6.00. The third-order valence-electron chi connectivity index (χ3n) is 0.705. The second-order valence-electron chi connectivity index (χ2n) is 1.40. The van der Waals surface area contributed by atoms with Gasteiger partial charge in [-0.25, -0.2) is 4.98 Å². The Balaban J connectivity index is 2.58. The summed E-state index contributed by atoms with van der Waals surface area (Å²) < 4.78 is 0. The molecule has 0 aromatic carbocycles. The summed E-state index contributed by atoms with van der Waals surface area (Å²) in [6, 6.07) is 0. The molecule has 0 bridgehead atoms. The minimum atomic E-state index is -0.547. The Morgan fingerprint density at radius 2 is 2.67 bits per heavy atom. The maximum absolute atomic E-state index is 10.1. The minimum absolute atomic E-state index is 0.308. The van der Waals surface area contributed by atoms with Crippen molar-refractivity contribution < 1.29 is 4.79 Å². The molecule has 0 saturated carbocycles. The van der Waals surface area contributed by atoms with Crippen LogP contribution in [0.2, 0.25) is 0 Å². The number of nitrogens with one attached hydrogen (secondary N) is 1. The Kier molecular flexibility index (Phi) is 1.44. The summed E-state index contributed by atoms with van der Waals surface area (Å²) in [6.07, 6.45) is 2.51. The van der Waals surface area contributed by atoms with E-state index in [1.165, 1.54) is 6.33 Å². The number of aromatic amines is 1. The SMILES string of the molecule is NC(=O)[CH]c1nc[nH]n1. The van der Waals surface area contributed by atoms with Crippen molar-refractivity contribution in [1.82, 2.24) is 15.2 Å². The van der Waals surface area contributed by atoms with E-state index in [4.69, 9.17) is 5.73 Å². The molecule has 0 aliphatic carbocycles. The van der Waals surface area contributed by atoms with Gasteiger partial charge in [-0.05, 0) is 0 Å². The molecule has 0 unspecified atom stereocenters. The number of hydrogen-bond acceptors (Lipinski definition) is 3. The summed E-state index contributed by atoms with van der Waals surface area (Å²) in [5.41, 5.74) is 4.80. The van der Waals surface area contributed by atoms with Crippen LogP contribution in [0.25, 0.3) is 0 Å². The van der Waals surface area contributed by atoms with Gasteiger partial charge >= 0.3 is 0 Å². The van der Waals surface area contributed by atoms with Crippen LogP contribution in [0.4, 0.5) is 0 Å². The first-order chi connectivity index (χ1) is 4.29. The zero-order chi connectivity index (χ0) is 6.69. The third kappa shape index (κ3) is 1.52. The number of aromatic nitrogens is 3. The molecular formula is C4H5N4O. The second kappa shape index (κ2) is 2.25. The topological polar surface area (TPSA) is 84.7 Å². The summed E-state index contributed by atoms with van der Waals surface area (Å²) in [6.45, 7) is 0. The lowest BCUT2D eigenvalue weighted by molar-refractivity contribution is -0.114. The van der Waals surface area contributed by atoms with Crippen LogP contribution in [0.5, 0.6) is 0 Å². The molecule has 0 atom stereocenters. The van der Waals surface area contributed by atoms with E-state index in [0.717, 1.165) is 6.42 Å². The molecule has 5 nitrogen and oxygen atoms in total. The standard InChI is InChI=1S/C4H5N4O/c5-3(9)1-4-6-2-7-8-4/h1-2H,(H2,5,9)(H,6,7,8). The largest absolute Gasteiger partial charge is 0.369 e. The van der Waals surface area contributed by atoms with Gasteiger partial charge in [-0.15, -0.1) is 0 Å². The minimum Gasteiger partial charge on any atom is -0.369 e. The second-order valence-corrected chi connectivity index (χ2v) is 1.40. The van der Waals surface area contributed by atoms with Crippen LogP contribution >= 0.6 is 0 Å². The lowest BCUT2D eigenvalue weighted by Gasteiger charge is -1.82. The van der Waals surface area contributed by atoms with E-state index in [2.05, 4.69) is 15.2 Å². The Labute approximate surface area is 51.3 Å². The van der Waals surface area contributed by atoms with E-state index >= 15 is 0 Å². The van der Waals surface area contributed by atoms with Gasteiger partial charge in [0.1, 0.15) is 12.7 Å². The van der Waals surface area contributed by atoms with Crippen LogP contribution in [0.3, 0.4) is 0 Å². The number of amides is 1. The molecule has 0 fully saturated rings. The molecule has 1 amide bonds. The Hall–Kier alpha value is -1.39. The van der Waals surface area contributed by atoms with Crippen LogP contribution in [0.1, 0.15) is 5.82 Å². The molecule has 47 valence electrons. The summed E-state index contributed by atoms with van der Waals surface area (Å²) in [4.78, 5) is 13.8. The van der Waals surface area contributed by atoms with E-state index in [-0.39, 0.29) is 0 Å². The van der Waals surface area contributed by atoms with Gasteiger partial charge in [0.2, 0.25) is 5.91 Å². The van der Waals surface area contributed by atoms with Gasteiger partial charge in [0, 0.05) is 0 Å². The Bertz CT molecular complexity index is 192. The summed E-state index contributed by atoms with van der Waals surface area (Å²) in [5.74, 6) is -0.239. The van der Waals surface area contributed by atoms with Gasteiger partial charge in [-0.3, -0.25) is 9.89 Å². The molecule has 1 radical (unpaired) electrons. The van der Waals surface area contributed by atoms with E-state index in [1.807, 2.05) is 0 Å². The first-order valence-corrected chi connectivity index (χ1v) is 2.29. The van der Waals surface area contributed by atoms with Crippen LogP contribution in [0, 0.1) is 6.42 Å². The molecular weight excluding hydrogens is 120 g/mol. The van der Waals surface area contributed by atoms with Crippen LogP contribution < -0.4 is 5.73 Å². The van der Waals surface area contributed by atoms with Crippen molar-refractivity contribution in [3.63, 3.8) is 0 Å². The molecule has 0 aliphatic heterocycles. The molecule has 0 saturated heterocycles. The monoisotopic (exact) mass is 125 g/mol. The van der Waals surface area contributed by atoms with Gasteiger partial charge in [-0.1, -0.05) is 0 Å². The quantitative estimate of drug-likeness (QED) is 0.523. The molecule has 0 spiro atoms. The zero-order valence-corrected chi connectivity index (χ0v) is 4.53. The number of rotatable bonds is 2. The van der Waals surface area contributed by atoms with Gasteiger partial charge in [0.15, 0.2) is 5.82 Å². The predicted molar refractivity (Wildman–Crippen MR) is 29.0 cm³/mol. The van der Waals surface area contributed by atoms with Gasteiger partial charge in [0.25, 0.3) is 0 Å². The van der Waals surface area contributed by atoms with Crippen molar-refractivity contribution in [1.29, 1.82) is 0 Å². The molecule has 9 heavy (non-hydrogen) atoms. The summed E-state index contributed by atoms with van der Waals surface area (Å²) >= 11 is 0. The van der Waals surface area contributed by atoms with Crippen molar-refractivity contribution in [2.75, 3.05) is 0 Å². The molecule has 1 rings (SSSR count). The highest BCUT2D eigenvalue weighted by Gasteiger charge is 2.00. The van der Waals surface area contributed by atoms with Crippen LogP contribution in [0.15, 0.2) is 6.33 Å². The van der Waals surface area contributed by atoms with Crippen molar-refractivity contribution in [2.45, 2.75) is 0 Å². The highest BCUT2D eigenvalue weighted by atomic mass is 16.1. The number of nitrogens with two attached hydrogens (primary N) is 1. The molecule has 0 aliphatic rings. The first-order valence-electron chi connectivity index (χ1n) is 2.29. The maximum atomic E-state index is 10.1. The van der Waals surface area contributed by atoms with Crippen molar-refractivity contribution in [3.8, 4) is 0 Å². The van der Waals surface area contributed by atoms with E-state index in [1.54, 1.807) is 0 Å². The number of H-pyrrole nitrogens is 1. The third-order valence-corrected chi connectivity index (χ3v) is 0.705. The van der Waals surface area contributed by atoms with Crippen LogP contribution in [-0.4, -0.2) is 21.1 Å². The van der Waals surface area contributed by atoms with Crippen molar-refractivity contribution in [2.24, 2.45) is 5.73 Å². The number of carbonyl (C=O) groups is 1. The van der Waals surface area contributed by atoms with Gasteiger partial charge in [0.05, 0.1) is 0 Å². The smallest absolute Gasteiger partial charge is 0.229 e. The summed E-state index contributed by atoms with van der Waals surface area (Å²) in [7, 11) is 0. The van der Waals surface area contributed by atoms with Gasteiger partial charge < -0.3 is 5.73 Å². The fourth-order valence-electron chi connectivity index (χ4n) is 0.416. The number of nitrogens with zero attached hydrogens (tertiary/aromatic N) is 2. The van der Waals surface area contributed by atoms with Crippen molar-refractivity contribution in [3.05, 3.63) is 18.6 Å². The molecule has 5 heteroatoms. The number of hydrogen-bond donors (Lipinski definition) is 2. The first kappa shape index (κ1) is 5.74. The van der Waals surface area contributed by atoms with Crippen molar-refractivity contribution >= 4 is 5.91 Å². The molecule has 1 aromatic rings. The molecule has 3 N–H and O–H groups in total. The highest BCUT2D eigenvalue weighted by molar-refractivity contribution is 5.85. The number of primary amides is 1. The van der Waals surface area contributed by atoms with E-state index in [9.17, 15) is 4.79 Å². The van der Waals surface area contributed by atoms with E-state index in [0.29, 0.717) is 5.82 Å². The zero-order valence-electron chi connectivity index (χ0n) is 4.53. The predicted octanol–water partition coefficient (Wildman–Crippen LogP) is -1.16. The van der Waals surface area contributed by atoms with Crippen LogP contribution in [-0.2, 0) is 4.79 Å². The average Bonchev–Trinajstić information content (AvgIpc) is 2.15.